The molecule has 0 unspecified atom stereocenters. The van der Waals surface area contributed by atoms with E-state index in [0.29, 0.717) is 24.6 Å². The minimum Gasteiger partial charge on any atom is -0.497 e. The third kappa shape index (κ3) is 5.85. The van der Waals surface area contributed by atoms with E-state index in [2.05, 4.69) is 16.7 Å². The van der Waals surface area contributed by atoms with Crippen molar-refractivity contribution in [2.24, 2.45) is 0 Å². The van der Waals surface area contributed by atoms with E-state index in [1.807, 2.05) is 18.2 Å². The summed E-state index contributed by atoms with van der Waals surface area (Å²) in [4.78, 5) is 11.9. The van der Waals surface area contributed by atoms with Gasteiger partial charge in [-0.05, 0) is 49.8 Å². The summed E-state index contributed by atoms with van der Waals surface area (Å²) in [6.45, 7) is 1.11. The van der Waals surface area contributed by atoms with Crippen molar-refractivity contribution in [1.82, 2.24) is 10.6 Å². The van der Waals surface area contributed by atoms with Crippen molar-refractivity contribution in [3.63, 3.8) is 0 Å². The van der Waals surface area contributed by atoms with Crippen LogP contribution in [0.15, 0.2) is 29.8 Å². The maximum absolute atomic E-state index is 11.9. The summed E-state index contributed by atoms with van der Waals surface area (Å²) in [5.41, 5.74) is 2.40. The van der Waals surface area contributed by atoms with Gasteiger partial charge in [0.2, 0.25) is 0 Å². The minimum atomic E-state index is -0.150. The largest absolute Gasteiger partial charge is 0.497 e. The van der Waals surface area contributed by atoms with Crippen LogP contribution in [0.3, 0.4) is 0 Å². The molecule has 0 radical (unpaired) electrons. The van der Waals surface area contributed by atoms with Crippen molar-refractivity contribution in [3.8, 4) is 11.5 Å². The molecule has 1 aliphatic carbocycles. The molecule has 126 valence electrons. The number of allylic oxidation sites excluding steroid dienone is 1. The van der Waals surface area contributed by atoms with E-state index in [0.717, 1.165) is 12.0 Å². The summed E-state index contributed by atoms with van der Waals surface area (Å²) in [6.07, 6.45) is 8.18. The van der Waals surface area contributed by atoms with E-state index < -0.39 is 0 Å². The number of benzene rings is 1. The molecule has 0 spiro atoms. The molecule has 2 N–H and O–H groups in total. The molecule has 5 heteroatoms. The Balaban J connectivity index is 1.74. The van der Waals surface area contributed by atoms with Crippen LogP contribution >= 0.6 is 0 Å². The van der Waals surface area contributed by atoms with Crippen molar-refractivity contribution in [1.29, 1.82) is 0 Å². The topological polar surface area (TPSA) is 59.6 Å². The van der Waals surface area contributed by atoms with Gasteiger partial charge in [0.05, 0.1) is 14.2 Å². The average Bonchev–Trinajstić information content (AvgIpc) is 2.60. The van der Waals surface area contributed by atoms with E-state index in [9.17, 15) is 4.79 Å². The SMILES string of the molecule is COc1cc(CNC(=O)NCCC2=CCCCC2)cc(OC)c1. The molecular weight excluding hydrogens is 292 g/mol. The summed E-state index contributed by atoms with van der Waals surface area (Å²) in [5.74, 6) is 1.43. The highest BCUT2D eigenvalue weighted by Gasteiger charge is 2.06. The summed E-state index contributed by atoms with van der Waals surface area (Å²) in [6, 6.07) is 5.43. The first-order valence-corrected chi connectivity index (χ1v) is 8.13. The van der Waals surface area contributed by atoms with Crippen LogP contribution in [0, 0.1) is 0 Å². The number of hydrogen-bond donors (Lipinski definition) is 2. The number of methoxy groups -OCH3 is 2. The lowest BCUT2D eigenvalue weighted by molar-refractivity contribution is 0.240. The van der Waals surface area contributed by atoms with Gasteiger partial charge < -0.3 is 20.1 Å². The van der Waals surface area contributed by atoms with E-state index in [-0.39, 0.29) is 6.03 Å². The molecular formula is C18H26N2O3. The Hall–Kier alpha value is -2.17. The van der Waals surface area contributed by atoms with Crippen LogP contribution in [0.25, 0.3) is 0 Å². The molecule has 0 saturated heterocycles. The van der Waals surface area contributed by atoms with Gasteiger partial charge in [-0.25, -0.2) is 4.79 Å². The fraction of sp³-hybridized carbons (Fsp3) is 0.500. The highest BCUT2D eigenvalue weighted by atomic mass is 16.5. The fourth-order valence-corrected chi connectivity index (χ4v) is 2.68. The van der Waals surface area contributed by atoms with Crippen LogP contribution in [0.5, 0.6) is 11.5 Å². The predicted molar refractivity (Wildman–Crippen MR) is 91.0 cm³/mol. The van der Waals surface area contributed by atoms with Crippen molar-refractivity contribution in [2.45, 2.75) is 38.6 Å². The molecule has 0 fully saturated rings. The lowest BCUT2D eigenvalue weighted by Crippen LogP contribution is -2.35. The Morgan fingerprint density at radius 1 is 1.09 bits per heavy atom. The van der Waals surface area contributed by atoms with Gasteiger partial charge in [-0.2, -0.15) is 0 Å². The second-order valence-corrected chi connectivity index (χ2v) is 5.69. The number of urea groups is 1. The first-order valence-electron chi connectivity index (χ1n) is 8.13. The molecule has 0 heterocycles. The molecule has 1 aromatic carbocycles. The zero-order valence-corrected chi connectivity index (χ0v) is 14.0. The lowest BCUT2D eigenvalue weighted by Gasteiger charge is -2.13. The standard InChI is InChI=1S/C18H26N2O3/c1-22-16-10-15(11-17(12-16)23-2)13-20-18(21)19-9-8-14-6-4-3-5-7-14/h6,10-12H,3-5,7-9,13H2,1-2H3,(H2,19,20,21). The highest BCUT2D eigenvalue weighted by Crippen LogP contribution is 2.22. The van der Waals surface area contributed by atoms with E-state index in [1.54, 1.807) is 14.2 Å². The van der Waals surface area contributed by atoms with Crippen molar-refractivity contribution in [3.05, 3.63) is 35.4 Å². The second kappa shape index (κ2) is 9.08. The van der Waals surface area contributed by atoms with Gasteiger partial charge in [-0.1, -0.05) is 11.6 Å². The van der Waals surface area contributed by atoms with Gasteiger partial charge >= 0.3 is 6.03 Å². The Morgan fingerprint density at radius 3 is 2.43 bits per heavy atom. The number of carbonyl (C=O) groups is 1. The van der Waals surface area contributed by atoms with Crippen molar-refractivity contribution < 1.29 is 14.3 Å². The van der Waals surface area contributed by atoms with Crippen LogP contribution in [0.2, 0.25) is 0 Å². The monoisotopic (exact) mass is 318 g/mol. The van der Waals surface area contributed by atoms with Crippen LogP contribution < -0.4 is 20.1 Å². The molecule has 2 amide bonds. The highest BCUT2D eigenvalue weighted by molar-refractivity contribution is 5.73. The van der Waals surface area contributed by atoms with Gasteiger partial charge in [0, 0.05) is 19.2 Å². The van der Waals surface area contributed by atoms with Crippen molar-refractivity contribution in [2.75, 3.05) is 20.8 Å². The summed E-state index contributed by atoms with van der Waals surface area (Å²) >= 11 is 0. The third-order valence-electron chi connectivity index (χ3n) is 3.98. The van der Waals surface area contributed by atoms with Gasteiger partial charge in [0.15, 0.2) is 0 Å². The maximum Gasteiger partial charge on any atom is 0.315 e. The molecule has 1 aromatic rings. The van der Waals surface area contributed by atoms with Gasteiger partial charge in [-0.3, -0.25) is 0 Å². The molecule has 0 saturated carbocycles. The molecule has 2 rings (SSSR count). The van der Waals surface area contributed by atoms with E-state index >= 15 is 0 Å². The Morgan fingerprint density at radius 2 is 1.83 bits per heavy atom. The molecule has 23 heavy (non-hydrogen) atoms. The molecule has 5 nitrogen and oxygen atoms in total. The first kappa shape index (κ1) is 17.2. The zero-order chi connectivity index (χ0) is 16.5. The number of carbonyl (C=O) groups excluding carboxylic acids is 1. The van der Waals surface area contributed by atoms with Gasteiger partial charge in [-0.15, -0.1) is 0 Å². The van der Waals surface area contributed by atoms with Crippen LogP contribution in [0.1, 0.15) is 37.7 Å². The summed E-state index contributed by atoms with van der Waals surface area (Å²) < 4.78 is 10.4. The smallest absolute Gasteiger partial charge is 0.315 e. The molecule has 0 aliphatic heterocycles. The minimum absolute atomic E-state index is 0.150. The van der Waals surface area contributed by atoms with Crippen LogP contribution in [-0.2, 0) is 6.54 Å². The van der Waals surface area contributed by atoms with E-state index in [4.69, 9.17) is 9.47 Å². The number of hydrogen-bond acceptors (Lipinski definition) is 3. The third-order valence-corrected chi connectivity index (χ3v) is 3.98. The number of rotatable bonds is 7. The van der Waals surface area contributed by atoms with Crippen LogP contribution in [-0.4, -0.2) is 26.8 Å². The van der Waals surface area contributed by atoms with Gasteiger partial charge in [0.1, 0.15) is 11.5 Å². The number of nitrogens with one attached hydrogen (secondary N) is 2. The fourth-order valence-electron chi connectivity index (χ4n) is 2.68. The Labute approximate surface area is 138 Å². The molecule has 0 atom stereocenters. The maximum atomic E-state index is 11.9. The molecule has 0 aromatic heterocycles. The van der Waals surface area contributed by atoms with Crippen LogP contribution in [0.4, 0.5) is 4.79 Å². The second-order valence-electron chi connectivity index (χ2n) is 5.69. The number of ether oxygens (including phenoxy) is 2. The van der Waals surface area contributed by atoms with Crippen molar-refractivity contribution >= 4 is 6.03 Å². The lowest BCUT2D eigenvalue weighted by atomic mass is 9.97. The summed E-state index contributed by atoms with van der Waals surface area (Å²) in [7, 11) is 3.22. The van der Waals surface area contributed by atoms with Gasteiger partial charge in [0.25, 0.3) is 0 Å². The Kier molecular flexibility index (Phi) is 6.78. The molecule has 0 bridgehead atoms. The normalized spacial score (nSPS) is 13.9. The average molecular weight is 318 g/mol. The van der Waals surface area contributed by atoms with E-state index in [1.165, 1.54) is 31.3 Å². The Bertz CT molecular complexity index is 533. The zero-order valence-electron chi connectivity index (χ0n) is 14.0. The number of amides is 2. The first-order chi connectivity index (χ1) is 11.2. The molecule has 1 aliphatic rings. The quantitative estimate of drug-likeness (QED) is 0.758. The summed E-state index contributed by atoms with van der Waals surface area (Å²) in [5, 5.41) is 5.76. The predicted octanol–water partition coefficient (Wildman–Crippen LogP) is 3.39.